The quantitative estimate of drug-likeness (QED) is 0.872. The number of rotatable bonds is 4. The number of nitrogens with one attached hydrogen (secondary N) is 1. The summed E-state index contributed by atoms with van der Waals surface area (Å²) in [5, 5.41) is 13.2. The third kappa shape index (κ3) is 3.36. The molecule has 0 spiro atoms. The molecule has 0 saturated heterocycles. The van der Waals surface area contributed by atoms with Gasteiger partial charge in [0.1, 0.15) is 11.6 Å². The number of phenolic OH excluding ortho intramolecular Hbond substituents is 1. The monoisotopic (exact) mass is 273 g/mol. The number of aromatic hydroxyl groups is 1. The Morgan fingerprint density at radius 3 is 2.45 bits per heavy atom. The number of aryl methyl sites for hydroxylation is 1. The van der Waals surface area contributed by atoms with Gasteiger partial charge in [-0.25, -0.2) is 4.39 Å². The first-order chi connectivity index (χ1) is 9.47. The topological polar surface area (TPSA) is 32.3 Å². The number of hydrogen-bond donors (Lipinski definition) is 2. The van der Waals surface area contributed by atoms with Gasteiger partial charge in [-0.1, -0.05) is 35.9 Å². The van der Waals surface area contributed by atoms with Gasteiger partial charge in [0, 0.05) is 23.7 Å². The minimum absolute atomic E-state index is 0.0126. The molecule has 0 aromatic heterocycles. The largest absolute Gasteiger partial charge is 0.508 e. The molecule has 0 aliphatic rings. The van der Waals surface area contributed by atoms with E-state index in [2.05, 4.69) is 37.4 Å². The smallest absolute Gasteiger partial charge is 0.126 e. The Morgan fingerprint density at radius 2 is 1.80 bits per heavy atom. The van der Waals surface area contributed by atoms with E-state index in [1.54, 1.807) is 6.07 Å². The standard InChI is InChI=1S/C17H20FNO/c1-11-5-4-6-14(9-11)12(2)19-13(3)16-8-7-15(18)10-17(16)20/h4-10,12-13,19-20H,1-3H3/t12-,13?/m0/s1. The molecule has 3 heteroatoms. The summed E-state index contributed by atoms with van der Waals surface area (Å²) >= 11 is 0. The summed E-state index contributed by atoms with van der Waals surface area (Å²) in [4.78, 5) is 0. The molecule has 0 bridgehead atoms. The molecule has 106 valence electrons. The minimum Gasteiger partial charge on any atom is -0.508 e. The zero-order valence-electron chi connectivity index (χ0n) is 12.0. The molecular formula is C17H20FNO. The van der Waals surface area contributed by atoms with E-state index in [4.69, 9.17) is 0 Å². The molecule has 0 amide bonds. The second-order valence-corrected chi connectivity index (χ2v) is 5.23. The lowest BCUT2D eigenvalue weighted by atomic mass is 10.0. The first-order valence-corrected chi connectivity index (χ1v) is 6.78. The second kappa shape index (κ2) is 6.06. The van der Waals surface area contributed by atoms with Gasteiger partial charge in [-0.2, -0.15) is 0 Å². The Kier molecular flexibility index (Phi) is 4.40. The van der Waals surface area contributed by atoms with Crippen LogP contribution in [-0.2, 0) is 0 Å². The van der Waals surface area contributed by atoms with E-state index in [0.717, 1.165) is 6.07 Å². The Bertz CT molecular complexity index is 597. The summed E-state index contributed by atoms with van der Waals surface area (Å²) in [5.41, 5.74) is 3.11. The highest BCUT2D eigenvalue weighted by Gasteiger charge is 2.14. The molecule has 0 radical (unpaired) electrons. The Hall–Kier alpha value is -1.87. The van der Waals surface area contributed by atoms with Crippen LogP contribution in [0.1, 0.15) is 42.6 Å². The molecule has 0 fully saturated rings. The number of halogens is 1. The third-order valence-corrected chi connectivity index (χ3v) is 3.50. The summed E-state index contributed by atoms with van der Waals surface area (Å²) in [6, 6.07) is 12.5. The normalized spacial score (nSPS) is 14.0. The molecule has 1 unspecified atom stereocenters. The van der Waals surface area contributed by atoms with Crippen molar-refractivity contribution in [3.05, 3.63) is 65.0 Å². The molecule has 20 heavy (non-hydrogen) atoms. The van der Waals surface area contributed by atoms with E-state index in [-0.39, 0.29) is 17.8 Å². The van der Waals surface area contributed by atoms with Crippen molar-refractivity contribution in [3.8, 4) is 5.75 Å². The van der Waals surface area contributed by atoms with E-state index in [0.29, 0.717) is 5.56 Å². The predicted molar refractivity (Wildman–Crippen MR) is 79.2 cm³/mol. The number of benzene rings is 2. The van der Waals surface area contributed by atoms with Crippen LogP contribution in [0.3, 0.4) is 0 Å². The van der Waals surface area contributed by atoms with E-state index in [1.807, 2.05) is 13.0 Å². The molecule has 2 aromatic carbocycles. The first-order valence-electron chi connectivity index (χ1n) is 6.78. The van der Waals surface area contributed by atoms with Crippen LogP contribution >= 0.6 is 0 Å². The van der Waals surface area contributed by atoms with Gasteiger partial charge in [-0.05, 0) is 32.4 Å². The van der Waals surface area contributed by atoms with Gasteiger partial charge < -0.3 is 10.4 Å². The molecule has 2 N–H and O–H groups in total. The van der Waals surface area contributed by atoms with Crippen molar-refractivity contribution in [2.45, 2.75) is 32.9 Å². The lowest BCUT2D eigenvalue weighted by molar-refractivity contribution is 0.434. The van der Waals surface area contributed by atoms with Gasteiger partial charge in [0.05, 0.1) is 0 Å². The molecule has 0 aliphatic carbocycles. The molecule has 2 atom stereocenters. The molecule has 0 heterocycles. The highest BCUT2D eigenvalue weighted by Crippen LogP contribution is 2.27. The van der Waals surface area contributed by atoms with Crippen LogP contribution in [0.5, 0.6) is 5.75 Å². The molecular weight excluding hydrogens is 253 g/mol. The van der Waals surface area contributed by atoms with Gasteiger partial charge in [0.25, 0.3) is 0 Å². The van der Waals surface area contributed by atoms with E-state index >= 15 is 0 Å². The van der Waals surface area contributed by atoms with E-state index in [1.165, 1.54) is 17.2 Å². The molecule has 0 aliphatic heterocycles. The lowest BCUT2D eigenvalue weighted by Crippen LogP contribution is -2.22. The van der Waals surface area contributed by atoms with Crippen molar-refractivity contribution in [2.24, 2.45) is 0 Å². The molecule has 2 nitrogen and oxygen atoms in total. The van der Waals surface area contributed by atoms with Crippen molar-refractivity contribution in [3.63, 3.8) is 0 Å². The van der Waals surface area contributed by atoms with Crippen LogP contribution in [0.15, 0.2) is 42.5 Å². The highest BCUT2D eigenvalue weighted by molar-refractivity contribution is 5.35. The molecule has 2 rings (SSSR count). The number of phenols is 1. The van der Waals surface area contributed by atoms with Crippen molar-refractivity contribution < 1.29 is 9.50 Å². The average Bonchev–Trinajstić information content (AvgIpc) is 2.38. The fourth-order valence-corrected chi connectivity index (χ4v) is 2.38. The molecule has 0 saturated carbocycles. The van der Waals surface area contributed by atoms with Gasteiger partial charge in [-0.3, -0.25) is 0 Å². The predicted octanol–water partition coefficient (Wildman–Crippen LogP) is 4.25. The lowest BCUT2D eigenvalue weighted by Gasteiger charge is -2.21. The zero-order valence-corrected chi connectivity index (χ0v) is 12.0. The van der Waals surface area contributed by atoms with Crippen LogP contribution in [0.2, 0.25) is 0 Å². The van der Waals surface area contributed by atoms with Crippen molar-refractivity contribution in [1.82, 2.24) is 5.32 Å². The Labute approximate surface area is 119 Å². The van der Waals surface area contributed by atoms with Crippen LogP contribution in [-0.4, -0.2) is 5.11 Å². The van der Waals surface area contributed by atoms with Gasteiger partial charge in [0.2, 0.25) is 0 Å². The maximum Gasteiger partial charge on any atom is 0.126 e. The van der Waals surface area contributed by atoms with Crippen molar-refractivity contribution in [2.75, 3.05) is 0 Å². The fraction of sp³-hybridized carbons (Fsp3) is 0.294. The fourth-order valence-electron chi connectivity index (χ4n) is 2.38. The summed E-state index contributed by atoms with van der Waals surface area (Å²) in [6.07, 6.45) is 0. The summed E-state index contributed by atoms with van der Waals surface area (Å²) < 4.78 is 13.0. The van der Waals surface area contributed by atoms with Crippen LogP contribution in [0.4, 0.5) is 4.39 Å². The van der Waals surface area contributed by atoms with Gasteiger partial charge in [-0.15, -0.1) is 0 Å². The second-order valence-electron chi connectivity index (χ2n) is 5.23. The van der Waals surface area contributed by atoms with Crippen LogP contribution in [0.25, 0.3) is 0 Å². The van der Waals surface area contributed by atoms with Crippen molar-refractivity contribution >= 4 is 0 Å². The van der Waals surface area contributed by atoms with E-state index < -0.39 is 5.82 Å². The number of hydrogen-bond acceptors (Lipinski definition) is 2. The first kappa shape index (κ1) is 14.5. The van der Waals surface area contributed by atoms with Gasteiger partial charge in [0.15, 0.2) is 0 Å². The Balaban J connectivity index is 2.12. The Morgan fingerprint density at radius 1 is 1.05 bits per heavy atom. The third-order valence-electron chi connectivity index (χ3n) is 3.50. The molecule has 2 aromatic rings. The van der Waals surface area contributed by atoms with Crippen LogP contribution in [0, 0.1) is 12.7 Å². The maximum atomic E-state index is 13.0. The van der Waals surface area contributed by atoms with Gasteiger partial charge >= 0.3 is 0 Å². The SMILES string of the molecule is Cc1cccc([C@H](C)NC(C)c2ccc(F)cc2O)c1. The maximum absolute atomic E-state index is 13.0. The van der Waals surface area contributed by atoms with Crippen molar-refractivity contribution in [1.29, 1.82) is 0 Å². The van der Waals surface area contributed by atoms with E-state index in [9.17, 15) is 9.50 Å². The average molecular weight is 273 g/mol. The zero-order chi connectivity index (χ0) is 14.7. The summed E-state index contributed by atoms with van der Waals surface area (Å²) in [7, 11) is 0. The van der Waals surface area contributed by atoms with Crippen LogP contribution < -0.4 is 5.32 Å². The summed E-state index contributed by atoms with van der Waals surface area (Å²) in [6.45, 7) is 6.09. The summed E-state index contributed by atoms with van der Waals surface area (Å²) in [5.74, 6) is -0.438. The minimum atomic E-state index is -0.426. The highest BCUT2D eigenvalue weighted by atomic mass is 19.1.